The first-order valence-corrected chi connectivity index (χ1v) is 6.68. The van der Waals surface area contributed by atoms with Gasteiger partial charge in [0.25, 0.3) is 0 Å². The average molecular weight is 264 g/mol. The molecule has 4 rings (SSSR count). The van der Waals surface area contributed by atoms with Crippen LogP contribution in [0.1, 0.15) is 25.3 Å². The summed E-state index contributed by atoms with van der Waals surface area (Å²) in [5.41, 5.74) is 1.74. The number of benzene rings is 1. The lowest BCUT2D eigenvalue weighted by Crippen LogP contribution is -2.20. The first-order chi connectivity index (χ1) is 8.72. The molecule has 0 saturated carbocycles. The first kappa shape index (κ1) is 10.7. The Morgan fingerprint density at radius 1 is 1.39 bits per heavy atom. The van der Waals surface area contributed by atoms with Crippen molar-refractivity contribution < 1.29 is 9.13 Å². The molecule has 2 aliphatic heterocycles. The second-order valence-electron chi connectivity index (χ2n) is 5.14. The molecule has 2 aliphatic rings. The minimum absolute atomic E-state index is 0.241. The van der Waals surface area contributed by atoms with Gasteiger partial charge in [0.1, 0.15) is 5.82 Å². The normalized spacial score (nSPS) is 30.4. The van der Waals surface area contributed by atoms with Gasteiger partial charge in [-0.3, -0.25) is 0 Å². The van der Waals surface area contributed by atoms with E-state index in [-0.39, 0.29) is 11.9 Å². The van der Waals surface area contributed by atoms with Crippen LogP contribution in [0.15, 0.2) is 18.2 Å². The van der Waals surface area contributed by atoms with Crippen molar-refractivity contribution in [3.05, 3.63) is 28.8 Å². The summed E-state index contributed by atoms with van der Waals surface area (Å²) in [5, 5.41) is 0. The maximum atomic E-state index is 13.2. The summed E-state index contributed by atoms with van der Waals surface area (Å²) >= 11 is 5.38. The standard InChI is InChI=1S/C13H13FN2OS/c14-7-1-3-10-9(5-7)15-13(18)16(10)11-6-8-2-4-12(11)17-8/h1,3,5,8,11-12H,2,4,6H2,(H,15,18). The maximum Gasteiger partial charge on any atom is 0.178 e. The van der Waals surface area contributed by atoms with E-state index in [0.29, 0.717) is 16.9 Å². The lowest BCUT2D eigenvalue weighted by molar-refractivity contribution is 0.0941. The highest BCUT2D eigenvalue weighted by Crippen LogP contribution is 2.42. The Morgan fingerprint density at radius 2 is 2.28 bits per heavy atom. The molecule has 3 heterocycles. The van der Waals surface area contributed by atoms with Crippen molar-refractivity contribution in [3.63, 3.8) is 0 Å². The molecule has 2 aromatic rings. The number of hydrogen-bond acceptors (Lipinski definition) is 2. The number of H-pyrrole nitrogens is 1. The van der Waals surface area contributed by atoms with E-state index in [1.807, 2.05) is 0 Å². The average Bonchev–Trinajstić information content (AvgIpc) is 3.00. The molecule has 3 unspecified atom stereocenters. The third kappa shape index (κ3) is 1.40. The number of fused-ring (bicyclic) bond motifs is 3. The zero-order valence-corrected chi connectivity index (χ0v) is 10.5. The number of aromatic amines is 1. The van der Waals surface area contributed by atoms with Crippen LogP contribution in [-0.2, 0) is 4.74 Å². The smallest absolute Gasteiger partial charge is 0.178 e. The minimum atomic E-state index is -0.241. The van der Waals surface area contributed by atoms with E-state index in [1.54, 1.807) is 6.07 Å². The van der Waals surface area contributed by atoms with Gasteiger partial charge in [-0.05, 0) is 49.7 Å². The van der Waals surface area contributed by atoms with Crippen LogP contribution >= 0.6 is 12.2 Å². The number of nitrogens with one attached hydrogen (secondary N) is 1. The van der Waals surface area contributed by atoms with Gasteiger partial charge < -0.3 is 14.3 Å². The van der Waals surface area contributed by atoms with Crippen molar-refractivity contribution in [2.45, 2.75) is 37.5 Å². The Bertz CT molecular complexity index is 677. The van der Waals surface area contributed by atoms with Crippen LogP contribution in [0, 0.1) is 10.6 Å². The molecule has 94 valence electrons. The van der Waals surface area contributed by atoms with Gasteiger partial charge in [0.05, 0.1) is 29.3 Å². The molecule has 0 spiro atoms. The van der Waals surface area contributed by atoms with Crippen LogP contribution < -0.4 is 0 Å². The van der Waals surface area contributed by atoms with E-state index in [2.05, 4.69) is 9.55 Å². The predicted molar refractivity (Wildman–Crippen MR) is 68.6 cm³/mol. The molecule has 0 amide bonds. The van der Waals surface area contributed by atoms with Crippen LogP contribution in [0.3, 0.4) is 0 Å². The highest BCUT2D eigenvalue weighted by molar-refractivity contribution is 7.71. The van der Waals surface area contributed by atoms with E-state index in [9.17, 15) is 4.39 Å². The highest BCUT2D eigenvalue weighted by atomic mass is 32.1. The fourth-order valence-electron chi connectivity index (χ4n) is 3.32. The molecule has 3 nitrogen and oxygen atoms in total. The predicted octanol–water partition coefficient (Wildman–Crippen LogP) is 3.33. The maximum absolute atomic E-state index is 13.2. The van der Waals surface area contributed by atoms with E-state index in [4.69, 9.17) is 17.0 Å². The molecule has 0 radical (unpaired) electrons. The molecule has 2 saturated heterocycles. The van der Waals surface area contributed by atoms with Gasteiger partial charge in [0, 0.05) is 0 Å². The molecule has 1 N–H and O–H groups in total. The highest BCUT2D eigenvalue weighted by Gasteiger charge is 2.42. The van der Waals surface area contributed by atoms with Crippen molar-refractivity contribution in [2.75, 3.05) is 0 Å². The number of aromatic nitrogens is 2. The quantitative estimate of drug-likeness (QED) is 0.801. The first-order valence-electron chi connectivity index (χ1n) is 6.27. The second kappa shape index (κ2) is 3.65. The molecule has 1 aromatic carbocycles. The molecule has 0 aliphatic carbocycles. The molecular weight excluding hydrogens is 251 g/mol. The summed E-state index contributed by atoms with van der Waals surface area (Å²) in [6.45, 7) is 0. The van der Waals surface area contributed by atoms with Crippen LogP contribution in [0.5, 0.6) is 0 Å². The molecule has 2 bridgehead atoms. The molecule has 3 atom stereocenters. The SMILES string of the molecule is Fc1ccc2c(c1)[nH]c(=S)n2C1CC2CCC1O2. The Morgan fingerprint density at radius 3 is 3.00 bits per heavy atom. The summed E-state index contributed by atoms with van der Waals surface area (Å²) in [6.07, 6.45) is 3.93. The lowest BCUT2D eigenvalue weighted by atomic mass is 9.95. The Kier molecular flexibility index (Phi) is 2.17. The van der Waals surface area contributed by atoms with Crippen molar-refractivity contribution in [3.8, 4) is 0 Å². The van der Waals surface area contributed by atoms with Crippen molar-refractivity contribution in [2.24, 2.45) is 0 Å². The molecule has 2 fully saturated rings. The zero-order valence-electron chi connectivity index (χ0n) is 9.73. The number of ether oxygens (including phenoxy) is 1. The number of nitrogens with zero attached hydrogens (tertiary/aromatic N) is 1. The fraction of sp³-hybridized carbons (Fsp3) is 0.462. The van der Waals surface area contributed by atoms with Crippen molar-refractivity contribution in [1.82, 2.24) is 9.55 Å². The third-order valence-corrected chi connectivity index (χ3v) is 4.38. The Hall–Kier alpha value is -1.20. The Balaban J connectivity index is 1.90. The summed E-state index contributed by atoms with van der Waals surface area (Å²) < 4.78 is 21.9. The van der Waals surface area contributed by atoms with Crippen molar-refractivity contribution in [1.29, 1.82) is 0 Å². The third-order valence-electron chi connectivity index (χ3n) is 4.08. The van der Waals surface area contributed by atoms with Crippen LogP contribution in [0.4, 0.5) is 4.39 Å². The van der Waals surface area contributed by atoms with Gasteiger partial charge >= 0.3 is 0 Å². The fourth-order valence-corrected chi connectivity index (χ4v) is 3.66. The van der Waals surface area contributed by atoms with E-state index < -0.39 is 0 Å². The van der Waals surface area contributed by atoms with E-state index >= 15 is 0 Å². The van der Waals surface area contributed by atoms with E-state index in [1.165, 1.54) is 12.1 Å². The topological polar surface area (TPSA) is 29.9 Å². The second-order valence-corrected chi connectivity index (χ2v) is 5.53. The van der Waals surface area contributed by atoms with Gasteiger partial charge in [-0.2, -0.15) is 0 Å². The minimum Gasteiger partial charge on any atom is -0.373 e. The number of rotatable bonds is 1. The van der Waals surface area contributed by atoms with Crippen LogP contribution in [0.25, 0.3) is 11.0 Å². The number of hydrogen-bond donors (Lipinski definition) is 1. The van der Waals surface area contributed by atoms with Gasteiger partial charge in [-0.1, -0.05) is 0 Å². The molecule has 5 heteroatoms. The van der Waals surface area contributed by atoms with Crippen molar-refractivity contribution >= 4 is 23.3 Å². The number of imidazole rings is 1. The van der Waals surface area contributed by atoms with Crippen LogP contribution in [0.2, 0.25) is 0 Å². The lowest BCUT2D eigenvalue weighted by Gasteiger charge is -2.20. The Labute approximate surface area is 109 Å². The van der Waals surface area contributed by atoms with Gasteiger partial charge in [-0.15, -0.1) is 0 Å². The molecular formula is C13H13FN2OS. The number of halogens is 1. The molecule has 18 heavy (non-hydrogen) atoms. The van der Waals surface area contributed by atoms with Gasteiger partial charge in [0.15, 0.2) is 4.77 Å². The van der Waals surface area contributed by atoms with Gasteiger partial charge in [-0.25, -0.2) is 4.39 Å². The monoisotopic (exact) mass is 264 g/mol. The zero-order chi connectivity index (χ0) is 12.3. The summed E-state index contributed by atoms with van der Waals surface area (Å²) in [6, 6.07) is 5.07. The summed E-state index contributed by atoms with van der Waals surface area (Å²) in [5.74, 6) is -0.241. The van der Waals surface area contributed by atoms with E-state index in [0.717, 1.165) is 30.3 Å². The molecule has 1 aromatic heterocycles. The van der Waals surface area contributed by atoms with Crippen LogP contribution in [-0.4, -0.2) is 21.8 Å². The largest absolute Gasteiger partial charge is 0.373 e. The summed E-state index contributed by atoms with van der Waals surface area (Å²) in [4.78, 5) is 3.09. The summed E-state index contributed by atoms with van der Waals surface area (Å²) in [7, 11) is 0. The van der Waals surface area contributed by atoms with Gasteiger partial charge in [0.2, 0.25) is 0 Å².